The van der Waals surface area contributed by atoms with Crippen LogP contribution in [0.2, 0.25) is 0 Å². The predicted octanol–water partition coefficient (Wildman–Crippen LogP) is -0.298. The number of carbonyl (C=O) groups excluding carboxylic acids is 2. The second kappa shape index (κ2) is 5.55. The van der Waals surface area contributed by atoms with Crippen molar-refractivity contribution in [2.75, 3.05) is 6.54 Å². The number of halogens is 1. The van der Waals surface area contributed by atoms with E-state index in [-0.39, 0.29) is 17.9 Å². The summed E-state index contributed by atoms with van der Waals surface area (Å²) in [6.07, 6.45) is 0.123. The molecule has 0 radical (unpaired) electrons. The van der Waals surface area contributed by atoms with Crippen LogP contribution < -0.4 is 15.4 Å². The highest BCUT2D eigenvalue weighted by Crippen LogP contribution is 2.09. The minimum absolute atomic E-state index is 0.0297. The fourth-order valence-electron chi connectivity index (χ4n) is 1.70. The highest BCUT2D eigenvalue weighted by atomic mass is 32.2. The van der Waals surface area contributed by atoms with E-state index in [1.807, 2.05) is 5.32 Å². The molecule has 0 aromatic heterocycles. The van der Waals surface area contributed by atoms with Gasteiger partial charge in [-0.2, -0.15) is 0 Å². The molecular formula is C11H12FN3O4S. The normalized spacial score (nSPS) is 18.8. The van der Waals surface area contributed by atoms with Gasteiger partial charge in [-0.25, -0.2) is 22.3 Å². The van der Waals surface area contributed by atoms with Gasteiger partial charge < -0.3 is 5.32 Å². The first-order valence-corrected chi connectivity index (χ1v) is 7.23. The second-order valence-electron chi connectivity index (χ2n) is 4.16. The van der Waals surface area contributed by atoms with Crippen LogP contribution in [0.15, 0.2) is 29.2 Å². The van der Waals surface area contributed by atoms with Crippen LogP contribution in [0, 0.1) is 5.82 Å². The highest BCUT2D eigenvalue weighted by molar-refractivity contribution is 7.89. The van der Waals surface area contributed by atoms with E-state index in [1.54, 1.807) is 0 Å². The minimum Gasteiger partial charge on any atom is -0.326 e. The molecule has 20 heavy (non-hydrogen) atoms. The van der Waals surface area contributed by atoms with Crippen LogP contribution in [-0.2, 0) is 14.8 Å². The maximum absolute atomic E-state index is 12.7. The predicted molar refractivity (Wildman–Crippen MR) is 66.7 cm³/mol. The van der Waals surface area contributed by atoms with Crippen molar-refractivity contribution in [3.8, 4) is 0 Å². The van der Waals surface area contributed by atoms with Gasteiger partial charge in [-0.1, -0.05) is 0 Å². The number of hydrogen-bond acceptors (Lipinski definition) is 4. The molecule has 1 heterocycles. The van der Waals surface area contributed by atoms with Crippen LogP contribution in [0.1, 0.15) is 6.42 Å². The van der Waals surface area contributed by atoms with Crippen molar-refractivity contribution in [1.82, 2.24) is 15.4 Å². The Kier molecular flexibility index (Phi) is 4.00. The summed E-state index contributed by atoms with van der Waals surface area (Å²) in [5, 5.41) is 4.40. The summed E-state index contributed by atoms with van der Waals surface area (Å²) >= 11 is 0. The van der Waals surface area contributed by atoms with Gasteiger partial charge in [-0.3, -0.25) is 10.1 Å². The Morgan fingerprint density at radius 1 is 1.20 bits per heavy atom. The molecule has 1 aromatic carbocycles. The van der Waals surface area contributed by atoms with Crippen molar-refractivity contribution < 1.29 is 22.4 Å². The zero-order chi connectivity index (χ0) is 14.8. The topological polar surface area (TPSA) is 104 Å². The number of amides is 3. The number of urea groups is 1. The van der Waals surface area contributed by atoms with E-state index < -0.39 is 33.8 Å². The monoisotopic (exact) mass is 301 g/mol. The summed E-state index contributed by atoms with van der Waals surface area (Å²) < 4.78 is 38.7. The first kappa shape index (κ1) is 14.4. The molecule has 0 saturated carbocycles. The molecule has 2 rings (SSSR count). The number of benzene rings is 1. The van der Waals surface area contributed by atoms with Crippen LogP contribution in [0.25, 0.3) is 0 Å². The van der Waals surface area contributed by atoms with Crippen molar-refractivity contribution >= 4 is 22.0 Å². The highest BCUT2D eigenvalue weighted by Gasteiger charge is 2.29. The first-order chi connectivity index (χ1) is 9.38. The maximum atomic E-state index is 12.7. The smallest absolute Gasteiger partial charge is 0.322 e. The zero-order valence-corrected chi connectivity index (χ0v) is 11.0. The Morgan fingerprint density at radius 3 is 2.40 bits per heavy atom. The van der Waals surface area contributed by atoms with Gasteiger partial charge >= 0.3 is 6.03 Å². The molecule has 1 aliphatic heterocycles. The molecule has 0 spiro atoms. The summed E-state index contributed by atoms with van der Waals surface area (Å²) in [6.45, 7) is -0.0297. The second-order valence-corrected chi connectivity index (χ2v) is 5.92. The summed E-state index contributed by atoms with van der Waals surface area (Å²) in [6, 6.07) is 3.02. The number of carbonyl (C=O) groups is 2. The molecule has 1 aliphatic rings. The summed E-state index contributed by atoms with van der Waals surface area (Å²) in [5.74, 6) is -1.02. The Hall–Kier alpha value is -2.00. The average molecular weight is 301 g/mol. The molecule has 1 saturated heterocycles. The van der Waals surface area contributed by atoms with E-state index in [0.29, 0.717) is 0 Å². The number of hydrogen-bond donors (Lipinski definition) is 3. The molecule has 1 atom stereocenters. The van der Waals surface area contributed by atoms with Crippen LogP contribution >= 0.6 is 0 Å². The van der Waals surface area contributed by atoms with Gasteiger partial charge in [0.25, 0.3) is 5.91 Å². The number of rotatable bonds is 5. The van der Waals surface area contributed by atoms with Gasteiger partial charge in [-0.05, 0) is 30.7 Å². The SMILES string of the molecule is O=C1NC(=O)C(CCNS(=O)(=O)c2ccc(F)cc2)N1. The van der Waals surface area contributed by atoms with E-state index in [0.717, 1.165) is 24.3 Å². The first-order valence-electron chi connectivity index (χ1n) is 5.75. The fraction of sp³-hybridized carbons (Fsp3) is 0.273. The number of sulfonamides is 1. The van der Waals surface area contributed by atoms with Crippen LogP contribution in [0.5, 0.6) is 0 Å². The van der Waals surface area contributed by atoms with E-state index in [9.17, 15) is 22.4 Å². The molecule has 0 bridgehead atoms. The summed E-state index contributed by atoms with van der Waals surface area (Å²) in [5.41, 5.74) is 0. The number of nitrogens with one attached hydrogen (secondary N) is 3. The Morgan fingerprint density at radius 2 is 1.85 bits per heavy atom. The lowest BCUT2D eigenvalue weighted by atomic mass is 10.2. The van der Waals surface area contributed by atoms with Crippen LogP contribution in [0.3, 0.4) is 0 Å². The zero-order valence-electron chi connectivity index (χ0n) is 10.2. The molecule has 7 nitrogen and oxygen atoms in total. The molecule has 3 N–H and O–H groups in total. The van der Waals surface area contributed by atoms with Gasteiger partial charge in [-0.15, -0.1) is 0 Å². The lowest BCUT2D eigenvalue weighted by Gasteiger charge is -2.09. The van der Waals surface area contributed by atoms with Gasteiger partial charge in [0.1, 0.15) is 11.9 Å². The Labute approximate surface area is 114 Å². The Bertz CT molecular complexity index is 630. The standard InChI is InChI=1S/C11H12FN3O4S/c12-7-1-3-8(4-2-7)20(18,19)13-6-5-9-10(16)15-11(17)14-9/h1-4,9,13H,5-6H2,(H2,14,15,16,17). The van der Waals surface area contributed by atoms with Crippen LogP contribution in [0.4, 0.5) is 9.18 Å². The van der Waals surface area contributed by atoms with E-state index in [1.165, 1.54) is 0 Å². The van der Waals surface area contributed by atoms with E-state index >= 15 is 0 Å². The molecule has 1 fully saturated rings. The lowest BCUT2D eigenvalue weighted by molar-refractivity contribution is -0.120. The molecule has 1 unspecified atom stereocenters. The largest absolute Gasteiger partial charge is 0.326 e. The van der Waals surface area contributed by atoms with Gasteiger partial charge in [0.15, 0.2) is 0 Å². The van der Waals surface area contributed by atoms with Crippen molar-refractivity contribution in [2.24, 2.45) is 0 Å². The third-order valence-electron chi connectivity index (χ3n) is 2.71. The summed E-state index contributed by atoms with van der Waals surface area (Å²) in [7, 11) is -3.76. The van der Waals surface area contributed by atoms with Crippen molar-refractivity contribution in [3.05, 3.63) is 30.1 Å². The van der Waals surface area contributed by atoms with Crippen molar-refractivity contribution in [2.45, 2.75) is 17.4 Å². The van der Waals surface area contributed by atoms with E-state index in [2.05, 4.69) is 10.0 Å². The van der Waals surface area contributed by atoms with E-state index in [4.69, 9.17) is 0 Å². The quantitative estimate of drug-likeness (QED) is 0.650. The van der Waals surface area contributed by atoms with Crippen LogP contribution in [-0.4, -0.2) is 32.9 Å². The molecule has 0 aliphatic carbocycles. The average Bonchev–Trinajstić information content (AvgIpc) is 2.68. The summed E-state index contributed by atoms with van der Waals surface area (Å²) in [4.78, 5) is 22.0. The third kappa shape index (κ3) is 3.31. The Balaban J connectivity index is 1.91. The maximum Gasteiger partial charge on any atom is 0.322 e. The lowest BCUT2D eigenvalue weighted by Crippen LogP contribution is -2.34. The fourth-order valence-corrected chi connectivity index (χ4v) is 2.74. The molecular weight excluding hydrogens is 289 g/mol. The molecule has 108 valence electrons. The minimum atomic E-state index is -3.76. The van der Waals surface area contributed by atoms with Gasteiger partial charge in [0.2, 0.25) is 10.0 Å². The molecule has 3 amide bonds. The van der Waals surface area contributed by atoms with Gasteiger partial charge in [0, 0.05) is 6.54 Å². The van der Waals surface area contributed by atoms with Gasteiger partial charge in [0.05, 0.1) is 4.90 Å². The van der Waals surface area contributed by atoms with Crippen molar-refractivity contribution in [3.63, 3.8) is 0 Å². The molecule has 9 heteroatoms. The van der Waals surface area contributed by atoms with Crippen molar-refractivity contribution in [1.29, 1.82) is 0 Å². The third-order valence-corrected chi connectivity index (χ3v) is 4.18. The molecule has 1 aromatic rings. The number of imide groups is 1.